The Kier molecular flexibility index (Phi) is 8.44. The van der Waals surface area contributed by atoms with Gasteiger partial charge in [-0.2, -0.15) is 0 Å². The molecule has 3 rings (SSSR count). The van der Waals surface area contributed by atoms with Gasteiger partial charge in [0.25, 0.3) is 5.91 Å². The summed E-state index contributed by atoms with van der Waals surface area (Å²) in [7, 11) is 0. The van der Waals surface area contributed by atoms with Gasteiger partial charge in [-0.3, -0.25) is 14.6 Å². The van der Waals surface area contributed by atoms with E-state index in [4.69, 9.17) is 11.5 Å². The molecule has 0 spiro atoms. The van der Waals surface area contributed by atoms with Gasteiger partial charge in [-0.25, -0.2) is 4.79 Å². The molecule has 0 saturated heterocycles. The summed E-state index contributed by atoms with van der Waals surface area (Å²) < 4.78 is 0. The molecule has 0 aliphatic carbocycles. The first kappa shape index (κ1) is 25.3. The van der Waals surface area contributed by atoms with E-state index in [-0.39, 0.29) is 18.3 Å². The van der Waals surface area contributed by atoms with Gasteiger partial charge < -0.3 is 32.2 Å². The number of anilines is 1. The van der Waals surface area contributed by atoms with E-state index < -0.39 is 17.9 Å². The molecule has 3 aromatic rings. The van der Waals surface area contributed by atoms with Crippen molar-refractivity contribution in [3.8, 4) is 0 Å². The van der Waals surface area contributed by atoms with E-state index in [1.807, 2.05) is 31.2 Å². The van der Waals surface area contributed by atoms with Crippen LogP contribution in [-0.4, -0.2) is 46.4 Å². The summed E-state index contributed by atoms with van der Waals surface area (Å²) in [6.45, 7) is 2.30. The zero-order valence-electron chi connectivity index (χ0n) is 19.5. The van der Waals surface area contributed by atoms with Crippen LogP contribution < -0.4 is 22.1 Å². The number of benzene rings is 2. The first-order valence-corrected chi connectivity index (χ1v) is 11.3. The van der Waals surface area contributed by atoms with Crippen molar-refractivity contribution in [2.24, 2.45) is 16.5 Å². The number of nitrogens with two attached hydrogens (primary N) is 2. The number of hydrogen-bond donors (Lipinski definition) is 6. The van der Waals surface area contributed by atoms with Crippen LogP contribution in [0.1, 0.15) is 40.9 Å². The van der Waals surface area contributed by atoms with Gasteiger partial charge in [-0.15, -0.1) is 0 Å². The Morgan fingerprint density at radius 2 is 1.77 bits per heavy atom. The molecule has 0 aliphatic heterocycles. The van der Waals surface area contributed by atoms with Crippen molar-refractivity contribution in [2.75, 3.05) is 11.9 Å². The lowest BCUT2D eigenvalue weighted by atomic mass is 10.0. The van der Waals surface area contributed by atoms with Crippen molar-refractivity contribution in [1.29, 1.82) is 0 Å². The Morgan fingerprint density at radius 1 is 1.06 bits per heavy atom. The van der Waals surface area contributed by atoms with E-state index in [1.165, 1.54) is 0 Å². The maximum atomic E-state index is 12.8. The summed E-state index contributed by atoms with van der Waals surface area (Å²) in [4.78, 5) is 43.6. The molecule has 0 aliphatic rings. The molecule has 1 unspecified atom stereocenters. The number of unbranched alkanes of at least 4 members (excludes halogenated alkanes) is 1. The molecule has 2 aromatic carbocycles. The molecule has 1 aromatic heterocycles. The molecular weight excluding hydrogens is 448 g/mol. The van der Waals surface area contributed by atoms with E-state index in [2.05, 4.69) is 20.6 Å². The number of nitrogens with zero attached hydrogens (tertiary/aromatic N) is 1. The summed E-state index contributed by atoms with van der Waals surface area (Å²) in [5.74, 6) is -1.71. The van der Waals surface area contributed by atoms with E-state index in [0.29, 0.717) is 42.8 Å². The molecule has 0 bridgehead atoms. The lowest BCUT2D eigenvalue weighted by Crippen LogP contribution is -2.42. The van der Waals surface area contributed by atoms with E-state index in [0.717, 1.165) is 16.5 Å². The van der Waals surface area contributed by atoms with Crippen LogP contribution in [0.4, 0.5) is 5.69 Å². The molecule has 2 amide bonds. The Morgan fingerprint density at radius 3 is 2.43 bits per heavy atom. The molecule has 35 heavy (non-hydrogen) atoms. The maximum absolute atomic E-state index is 12.8. The second-order valence-electron chi connectivity index (χ2n) is 8.25. The second-order valence-corrected chi connectivity index (χ2v) is 8.25. The number of aliphatic imine (C=N–C) groups is 1. The number of carboxylic acid groups (broad SMARTS) is 1. The highest BCUT2D eigenvalue weighted by Crippen LogP contribution is 2.21. The number of fused-ring (bicyclic) bond motifs is 1. The standard InChI is InChI=1S/C25H30N6O4/c1-15-18-6-2-3-7-19(18)30-22(15)23(33)31-20(24(34)35)14-16-9-11-17(12-10-16)29-21(32)8-4-5-13-28-25(26)27/h2-3,6-7,9-12,20,30H,4-5,8,13-14H2,1H3,(H,29,32)(H,31,33)(H,34,35)(H4,26,27,28). The van der Waals surface area contributed by atoms with E-state index >= 15 is 0 Å². The van der Waals surface area contributed by atoms with Gasteiger partial charge in [0.05, 0.1) is 0 Å². The van der Waals surface area contributed by atoms with Gasteiger partial charge in [0.2, 0.25) is 5.91 Å². The molecule has 1 heterocycles. The number of rotatable bonds is 11. The molecular formula is C25H30N6O4. The first-order chi connectivity index (χ1) is 16.7. The first-order valence-electron chi connectivity index (χ1n) is 11.3. The number of amides is 2. The fourth-order valence-corrected chi connectivity index (χ4v) is 3.73. The fraction of sp³-hybridized carbons (Fsp3) is 0.280. The van der Waals surface area contributed by atoms with Crippen LogP contribution in [0.3, 0.4) is 0 Å². The number of hydrogen-bond acceptors (Lipinski definition) is 4. The number of carbonyl (C=O) groups is 3. The number of carboxylic acids is 1. The monoisotopic (exact) mass is 478 g/mol. The smallest absolute Gasteiger partial charge is 0.326 e. The number of H-pyrrole nitrogens is 1. The van der Waals surface area contributed by atoms with E-state index in [9.17, 15) is 19.5 Å². The Hall–Kier alpha value is -4.34. The number of aromatic nitrogens is 1. The van der Waals surface area contributed by atoms with Crippen molar-refractivity contribution in [3.05, 3.63) is 65.4 Å². The number of nitrogens with one attached hydrogen (secondary N) is 3. The number of guanidine groups is 1. The largest absolute Gasteiger partial charge is 0.480 e. The average molecular weight is 479 g/mol. The molecule has 1 atom stereocenters. The minimum absolute atomic E-state index is 0.0345. The van der Waals surface area contributed by atoms with Crippen molar-refractivity contribution in [1.82, 2.24) is 10.3 Å². The minimum atomic E-state index is -1.13. The SMILES string of the molecule is Cc1c(C(=O)NC(Cc2ccc(NC(=O)CCCCN=C(N)N)cc2)C(=O)O)[nH]c2ccccc12. The van der Waals surface area contributed by atoms with Gasteiger partial charge >= 0.3 is 5.97 Å². The van der Waals surface area contributed by atoms with Gasteiger partial charge in [0.1, 0.15) is 11.7 Å². The Balaban J connectivity index is 1.55. The highest BCUT2D eigenvalue weighted by molar-refractivity contribution is 6.02. The predicted molar refractivity (Wildman–Crippen MR) is 135 cm³/mol. The fourth-order valence-electron chi connectivity index (χ4n) is 3.73. The van der Waals surface area contributed by atoms with Crippen molar-refractivity contribution in [2.45, 2.75) is 38.6 Å². The van der Waals surface area contributed by atoms with Crippen LogP contribution in [0, 0.1) is 6.92 Å². The summed E-state index contributed by atoms with van der Waals surface area (Å²) >= 11 is 0. The van der Waals surface area contributed by atoms with Crippen molar-refractivity contribution >= 4 is 40.3 Å². The lowest BCUT2D eigenvalue weighted by molar-refractivity contribution is -0.139. The maximum Gasteiger partial charge on any atom is 0.326 e. The predicted octanol–water partition coefficient (Wildman–Crippen LogP) is 2.28. The molecule has 0 fully saturated rings. The van der Waals surface area contributed by atoms with Crippen LogP contribution in [0.15, 0.2) is 53.5 Å². The normalized spacial score (nSPS) is 11.6. The molecule has 0 radical (unpaired) electrons. The highest BCUT2D eigenvalue weighted by atomic mass is 16.4. The summed E-state index contributed by atoms with van der Waals surface area (Å²) in [5, 5.41) is 16.0. The van der Waals surface area contributed by atoms with Crippen molar-refractivity contribution in [3.63, 3.8) is 0 Å². The molecule has 10 heteroatoms. The van der Waals surface area contributed by atoms with Gasteiger partial charge in [-0.05, 0) is 49.1 Å². The molecule has 8 N–H and O–H groups in total. The molecule has 184 valence electrons. The number of aromatic amines is 1. The van der Waals surface area contributed by atoms with Crippen LogP contribution in [0.25, 0.3) is 10.9 Å². The summed E-state index contributed by atoms with van der Waals surface area (Å²) in [6, 6.07) is 13.3. The highest BCUT2D eigenvalue weighted by Gasteiger charge is 2.23. The Bertz CT molecular complexity index is 1230. The van der Waals surface area contributed by atoms with Crippen LogP contribution in [0.2, 0.25) is 0 Å². The number of carbonyl (C=O) groups excluding carboxylic acids is 2. The molecule has 10 nitrogen and oxygen atoms in total. The van der Waals surface area contributed by atoms with Gasteiger partial charge in [0.15, 0.2) is 5.96 Å². The summed E-state index contributed by atoms with van der Waals surface area (Å²) in [6.07, 6.45) is 1.78. The van der Waals surface area contributed by atoms with Crippen LogP contribution in [0.5, 0.6) is 0 Å². The molecule has 0 saturated carbocycles. The van der Waals surface area contributed by atoms with Crippen LogP contribution in [-0.2, 0) is 16.0 Å². The average Bonchev–Trinajstić information content (AvgIpc) is 3.16. The van der Waals surface area contributed by atoms with Gasteiger partial charge in [-0.1, -0.05) is 30.3 Å². The third-order valence-corrected chi connectivity index (χ3v) is 5.58. The number of aliphatic carboxylic acids is 1. The number of aryl methyl sites for hydroxylation is 1. The second kappa shape index (κ2) is 11.7. The van der Waals surface area contributed by atoms with Crippen molar-refractivity contribution < 1.29 is 19.5 Å². The minimum Gasteiger partial charge on any atom is -0.480 e. The Labute approximate surface area is 202 Å². The van der Waals surface area contributed by atoms with E-state index in [1.54, 1.807) is 24.3 Å². The quantitative estimate of drug-likeness (QED) is 0.140. The van der Waals surface area contributed by atoms with Gasteiger partial charge in [0, 0.05) is 36.0 Å². The van der Waals surface area contributed by atoms with Crippen LogP contribution >= 0.6 is 0 Å². The topological polar surface area (TPSA) is 176 Å². The zero-order valence-corrected chi connectivity index (χ0v) is 19.5. The third kappa shape index (κ3) is 7.07. The zero-order chi connectivity index (χ0) is 25.4. The lowest BCUT2D eigenvalue weighted by Gasteiger charge is -2.15. The third-order valence-electron chi connectivity index (χ3n) is 5.58. The summed E-state index contributed by atoms with van der Waals surface area (Å²) in [5.41, 5.74) is 13.8. The number of para-hydroxylation sites is 1.